The van der Waals surface area contributed by atoms with Crippen LogP contribution in [0, 0.1) is 5.92 Å². The van der Waals surface area contributed by atoms with E-state index >= 15 is 0 Å². The molecule has 2 aliphatic rings. The van der Waals surface area contributed by atoms with Crippen molar-refractivity contribution in [2.75, 3.05) is 7.05 Å². The average molecular weight is 179 g/mol. The molecule has 1 heteroatoms. The zero-order valence-electron chi connectivity index (χ0n) is 8.92. The van der Waals surface area contributed by atoms with Gasteiger partial charge in [0.05, 0.1) is 0 Å². The lowest BCUT2D eigenvalue weighted by molar-refractivity contribution is 0.197. The van der Waals surface area contributed by atoms with E-state index in [0.717, 1.165) is 12.0 Å². The minimum absolute atomic E-state index is 0.674. The molecular formula is C12H21N. The van der Waals surface area contributed by atoms with Crippen molar-refractivity contribution < 1.29 is 0 Å². The Morgan fingerprint density at radius 1 is 1.31 bits per heavy atom. The first-order chi connectivity index (χ1) is 6.20. The zero-order valence-corrected chi connectivity index (χ0v) is 8.92. The fourth-order valence-electron chi connectivity index (χ4n) is 3.23. The van der Waals surface area contributed by atoms with Crippen LogP contribution in [0.15, 0.2) is 12.2 Å². The molecule has 0 spiro atoms. The fraction of sp³-hybridized carbons (Fsp3) is 0.833. The van der Waals surface area contributed by atoms with Gasteiger partial charge in [-0.15, -0.1) is 0 Å². The highest BCUT2D eigenvalue weighted by atomic mass is 15.2. The van der Waals surface area contributed by atoms with Gasteiger partial charge >= 0.3 is 0 Å². The molecule has 1 saturated carbocycles. The Kier molecular flexibility index (Phi) is 2.46. The Labute approximate surface area is 81.8 Å². The molecule has 1 saturated heterocycles. The van der Waals surface area contributed by atoms with E-state index in [1.54, 1.807) is 0 Å². The first kappa shape index (κ1) is 9.26. The average Bonchev–Trinajstić information content (AvgIpc) is 2.45. The molecule has 0 bridgehead atoms. The molecule has 3 unspecified atom stereocenters. The number of hydrogen-bond donors (Lipinski definition) is 0. The Hall–Kier alpha value is -0.300. The highest BCUT2D eigenvalue weighted by Crippen LogP contribution is 2.40. The monoisotopic (exact) mass is 179 g/mol. The van der Waals surface area contributed by atoms with Crippen LogP contribution in [0.2, 0.25) is 0 Å². The topological polar surface area (TPSA) is 3.24 Å². The Morgan fingerprint density at radius 2 is 2.00 bits per heavy atom. The molecule has 1 aliphatic heterocycles. The second-order valence-corrected chi connectivity index (χ2v) is 4.88. The summed E-state index contributed by atoms with van der Waals surface area (Å²) in [6, 6.07) is 1.54. The molecule has 2 rings (SSSR count). The molecule has 13 heavy (non-hydrogen) atoms. The van der Waals surface area contributed by atoms with Crippen LogP contribution in [0.25, 0.3) is 0 Å². The van der Waals surface area contributed by atoms with E-state index in [4.69, 9.17) is 0 Å². The summed E-state index contributed by atoms with van der Waals surface area (Å²) < 4.78 is 0. The quantitative estimate of drug-likeness (QED) is 0.559. The summed E-state index contributed by atoms with van der Waals surface area (Å²) in [7, 11) is 2.29. The highest BCUT2D eigenvalue weighted by molar-refractivity contribution is 5.09. The lowest BCUT2D eigenvalue weighted by Crippen LogP contribution is -2.35. The van der Waals surface area contributed by atoms with Crippen molar-refractivity contribution >= 4 is 0 Å². The van der Waals surface area contributed by atoms with Gasteiger partial charge in [-0.2, -0.15) is 0 Å². The van der Waals surface area contributed by atoms with Gasteiger partial charge in [-0.1, -0.05) is 25.0 Å². The van der Waals surface area contributed by atoms with Crippen LogP contribution in [-0.4, -0.2) is 24.0 Å². The summed E-state index contributed by atoms with van der Waals surface area (Å²) in [5.74, 6) is 0.973. The molecule has 0 radical (unpaired) electrons. The van der Waals surface area contributed by atoms with Gasteiger partial charge in [-0.25, -0.2) is 0 Å². The summed E-state index contributed by atoms with van der Waals surface area (Å²) in [6.45, 7) is 6.28. The predicted octanol–water partition coefficient (Wildman–Crippen LogP) is 2.83. The van der Waals surface area contributed by atoms with Gasteiger partial charge < -0.3 is 0 Å². The van der Waals surface area contributed by atoms with E-state index in [2.05, 4.69) is 25.5 Å². The van der Waals surface area contributed by atoms with Gasteiger partial charge in [0, 0.05) is 12.1 Å². The summed E-state index contributed by atoms with van der Waals surface area (Å²) in [6.07, 6.45) is 7.15. The van der Waals surface area contributed by atoms with Crippen molar-refractivity contribution in [3.05, 3.63) is 12.2 Å². The van der Waals surface area contributed by atoms with Crippen LogP contribution in [0.1, 0.15) is 39.0 Å². The van der Waals surface area contributed by atoms with Crippen molar-refractivity contribution in [1.29, 1.82) is 0 Å². The third kappa shape index (κ3) is 1.54. The van der Waals surface area contributed by atoms with E-state index in [-0.39, 0.29) is 0 Å². The van der Waals surface area contributed by atoms with Crippen LogP contribution in [0.3, 0.4) is 0 Å². The number of fused-ring (bicyclic) bond motifs is 1. The first-order valence-electron chi connectivity index (χ1n) is 5.57. The Balaban J connectivity index is 2.09. The number of nitrogens with zero attached hydrogens (tertiary/aromatic N) is 1. The zero-order chi connectivity index (χ0) is 9.42. The van der Waals surface area contributed by atoms with Gasteiger partial charge in [0.2, 0.25) is 0 Å². The molecule has 0 aromatic rings. The van der Waals surface area contributed by atoms with Crippen LogP contribution in [-0.2, 0) is 0 Å². The molecule has 0 aromatic carbocycles. The molecule has 0 N–H and O–H groups in total. The van der Waals surface area contributed by atoms with E-state index in [1.807, 2.05) is 0 Å². The van der Waals surface area contributed by atoms with Gasteiger partial charge in [0.1, 0.15) is 0 Å². The smallest absolute Gasteiger partial charge is 0.0305 e. The minimum Gasteiger partial charge on any atom is -0.296 e. The number of likely N-dealkylation sites (N-methyl/N-ethyl adjacent to an activating group) is 1. The lowest BCUT2D eigenvalue weighted by atomic mass is 9.84. The summed E-state index contributed by atoms with van der Waals surface area (Å²) >= 11 is 0. The maximum Gasteiger partial charge on any atom is 0.0305 e. The number of rotatable bonds is 1. The van der Waals surface area contributed by atoms with Crippen LogP contribution < -0.4 is 0 Å². The van der Waals surface area contributed by atoms with Crippen molar-refractivity contribution in [2.24, 2.45) is 5.92 Å². The molecule has 3 atom stereocenters. The van der Waals surface area contributed by atoms with E-state index < -0.39 is 0 Å². The molecule has 74 valence electrons. The van der Waals surface area contributed by atoms with E-state index in [1.165, 1.54) is 37.7 Å². The van der Waals surface area contributed by atoms with Crippen LogP contribution in [0.5, 0.6) is 0 Å². The largest absolute Gasteiger partial charge is 0.296 e. The molecule has 1 nitrogen and oxygen atoms in total. The molecule has 2 fully saturated rings. The first-order valence-corrected chi connectivity index (χ1v) is 5.57. The maximum atomic E-state index is 4.10. The molecule has 0 amide bonds. The second kappa shape index (κ2) is 3.45. The molecular weight excluding hydrogens is 158 g/mol. The van der Waals surface area contributed by atoms with Gasteiger partial charge in [-0.05, 0) is 39.2 Å². The standard InChI is InChI=1S/C12H21N/c1-9(2)12-8-10-6-4-5-7-11(10)13(12)3/h10-12H,1,4-8H2,2-3H3. The van der Waals surface area contributed by atoms with Gasteiger partial charge in [0.25, 0.3) is 0 Å². The van der Waals surface area contributed by atoms with Crippen LogP contribution >= 0.6 is 0 Å². The van der Waals surface area contributed by atoms with Gasteiger partial charge in [-0.3, -0.25) is 4.90 Å². The van der Waals surface area contributed by atoms with Crippen molar-refractivity contribution in [2.45, 2.75) is 51.1 Å². The molecule has 1 heterocycles. The van der Waals surface area contributed by atoms with Crippen LogP contribution in [0.4, 0.5) is 0 Å². The van der Waals surface area contributed by atoms with Gasteiger partial charge in [0.15, 0.2) is 0 Å². The molecule has 0 aromatic heterocycles. The SMILES string of the molecule is C=C(C)C1CC2CCCCC2N1C. The predicted molar refractivity (Wildman–Crippen MR) is 56.7 cm³/mol. The normalized spacial score (nSPS) is 40.3. The van der Waals surface area contributed by atoms with Crippen molar-refractivity contribution in [1.82, 2.24) is 4.90 Å². The van der Waals surface area contributed by atoms with E-state index in [0.29, 0.717) is 6.04 Å². The highest BCUT2D eigenvalue weighted by Gasteiger charge is 2.39. The minimum atomic E-state index is 0.674. The van der Waals surface area contributed by atoms with Crippen molar-refractivity contribution in [3.8, 4) is 0 Å². The maximum absolute atomic E-state index is 4.10. The summed E-state index contributed by atoms with van der Waals surface area (Å²) in [5, 5.41) is 0. The third-order valence-electron chi connectivity index (χ3n) is 3.98. The summed E-state index contributed by atoms with van der Waals surface area (Å²) in [5.41, 5.74) is 1.36. The Morgan fingerprint density at radius 3 is 2.62 bits per heavy atom. The molecule has 1 aliphatic carbocycles. The fourth-order valence-corrected chi connectivity index (χ4v) is 3.23. The Bertz CT molecular complexity index is 209. The lowest BCUT2D eigenvalue weighted by Gasteiger charge is -2.30. The second-order valence-electron chi connectivity index (χ2n) is 4.88. The van der Waals surface area contributed by atoms with Crippen molar-refractivity contribution in [3.63, 3.8) is 0 Å². The number of hydrogen-bond acceptors (Lipinski definition) is 1. The summed E-state index contributed by atoms with van der Waals surface area (Å²) in [4.78, 5) is 2.58. The third-order valence-corrected chi connectivity index (χ3v) is 3.98. The number of likely N-dealkylation sites (tertiary alicyclic amines) is 1. The van der Waals surface area contributed by atoms with E-state index in [9.17, 15) is 0 Å².